The maximum Gasteiger partial charge on any atom is 0.258 e. The second kappa shape index (κ2) is 14.3. The standard InChI is InChI=1S/C29H34BrN3O5S/c1-5-37-27-17-23(16-25(30)28(27)38-19-22-9-7-6-8-10-22)18-31-32-29(34)26(15-20(2)3)33-39(35,36)24-13-11-21(4)12-14-24/h6-14,16-18,20,26,33H,5,15,19H2,1-4H3,(H,32,34)/b31-18-/t26-/m0/s1. The van der Waals surface area contributed by atoms with E-state index in [2.05, 4.69) is 31.2 Å². The second-order valence-electron chi connectivity index (χ2n) is 9.39. The van der Waals surface area contributed by atoms with Crippen LogP contribution in [0.15, 0.2) is 81.2 Å². The Morgan fingerprint density at radius 1 is 1.05 bits per heavy atom. The highest BCUT2D eigenvalue weighted by Gasteiger charge is 2.26. The number of halogens is 1. The van der Waals surface area contributed by atoms with Gasteiger partial charge < -0.3 is 9.47 Å². The average molecular weight is 617 g/mol. The molecule has 0 saturated carbocycles. The first-order chi connectivity index (χ1) is 18.6. The van der Waals surface area contributed by atoms with Crippen LogP contribution in [0.3, 0.4) is 0 Å². The quantitative estimate of drug-likeness (QED) is 0.193. The molecule has 1 amide bonds. The van der Waals surface area contributed by atoms with Crippen molar-refractivity contribution in [2.45, 2.75) is 51.7 Å². The lowest BCUT2D eigenvalue weighted by atomic mass is 10.0. The van der Waals surface area contributed by atoms with Gasteiger partial charge in [0.1, 0.15) is 12.6 Å². The molecule has 0 spiro atoms. The highest BCUT2D eigenvalue weighted by atomic mass is 79.9. The summed E-state index contributed by atoms with van der Waals surface area (Å²) in [5.74, 6) is 0.602. The normalized spacial score (nSPS) is 12.5. The molecule has 39 heavy (non-hydrogen) atoms. The molecule has 10 heteroatoms. The summed E-state index contributed by atoms with van der Waals surface area (Å²) in [6, 6.07) is 18.8. The minimum atomic E-state index is -3.89. The third-order valence-corrected chi connectivity index (χ3v) is 7.67. The van der Waals surface area contributed by atoms with Gasteiger partial charge in [0.2, 0.25) is 10.0 Å². The fraction of sp³-hybridized carbons (Fsp3) is 0.310. The van der Waals surface area contributed by atoms with Crippen molar-refractivity contribution in [3.63, 3.8) is 0 Å². The number of benzene rings is 3. The SMILES string of the molecule is CCOc1cc(/C=N\NC(=O)[C@H](CC(C)C)NS(=O)(=O)c2ccc(C)cc2)cc(Br)c1OCc1ccccc1. The molecular formula is C29H34BrN3O5S. The van der Waals surface area contributed by atoms with Crippen LogP contribution in [-0.2, 0) is 21.4 Å². The lowest BCUT2D eigenvalue weighted by molar-refractivity contribution is -0.123. The smallest absolute Gasteiger partial charge is 0.258 e. The van der Waals surface area contributed by atoms with E-state index in [-0.39, 0.29) is 10.8 Å². The minimum Gasteiger partial charge on any atom is -0.490 e. The molecule has 3 aromatic carbocycles. The predicted molar refractivity (Wildman–Crippen MR) is 157 cm³/mol. The highest BCUT2D eigenvalue weighted by Crippen LogP contribution is 2.37. The molecule has 0 fully saturated rings. The summed E-state index contributed by atoms with van der Waals surface area (Å²) >= 11 is 3.54. The first kappa shape index (κ1) is 30.3. The Labute approximate surface area is 239 Å². The molecule has 0 aliphatic carbocycles. The van der Waals surface area contributed by atoms with Crippen LogP contribution in [0.1, 0.15) is 43.9 Å². The van der Waals surface area contributed by atoms with E-state index in [4.69, 9.17) is 9.47 Å². The van der Waals surface area contributed by atoms with Crippen LogP contribution in [0.4, 0.5) is 0 Å². The Morgan fingerprint density at radius 3 is 2.38 bits per heavy atom. The molecule has 8 nitrogen and oxygen atoms in total. The van der Waals surface area contributed by atoms with E-state index in [0.717, 1.165) is 11.1 Å². The maximum absolute atomic E-state index is 12.9. The summed E-state index contributed by atoms with van der Waals surface area (Å²) in [6.45, 7) is 8.39. The first-order valence-corrected chi connectivity index (χ1v) is 14.9. The number of hydrogen-bond acceptors (Lipinski definition) is 6. The third-order valence-electron chi connectivity index (χ3n) is 5.60. The number of aryl methyl sites for hydroxylation is 1. The molecule has 0 aromatic heterocycles. The van der Waals surface area contributed by atoms with Gasteiger partial charge >= 0.3 is 0 Å². The van der Waals surface area contributed by atoms with Crippen molar-refractivity contribution in [3.05, 3.63) is 87.9 Å². The van der Waals surface area contributed by atoms with Crippen molar-refractivity contribution in [3.8, 4) is 11.5 Å². The van der Waals surface area contributed by atoms with Crippen LogP contribution in [0.5, 0.6) is 11.5 Å². The van der Waals surface area contributed by atoms with Gasteiger partial charge in [-0.3, -0.25) is 4.79 Å². The average Bonchev–Trinajstić information content (AvgIpc) is 2.88. The van der Waals surface area contributed by atoms with Crippen molar-refractivity contribution in [2.75, 3.05) is 6.61 Å². The van der Waals surface area contributed by atoms with Crippen LogP contribution < -0.4 is 19.6 Å². The highest BCUT2D eigenvalue weighted by molar-refractivity contribution is 9.10. The summed E-state index contributed by atoms with van der Waals surface area (Å²) in [7, 11) is -3.89. The molecule has 0 radical (unpaired) electrons. The van der Waals surface area contributed by atoms with Crippen molar-refractivity contribution in [1.29, 1.82) is 0 Å². The first-order valence-electron chi connectivity index (χ1n) is 12.6. The van der Waals surface area contributed by atoms with E-state index >= 15 is 0 Å². The Morgan fingerprint density at radius 2 is 1.74 bits per heavy atom. The van der Waals surface area contributed by atoms with Crippen LogP contribution >= 0.6 is 15.9 Å². The van der Waals surface area contributed by atoms with Crippen LogP contribution in [0, 0.1) is 12.8 Å². The largest absolute Gasteiger partial charge is 0.490 e. The van der Waals surface area contributed by atoms with Crippen LogP contribution in [0.25, 0.3) is 0 Å². The Bertz CT molecular complexity index is 1380. The van der Waals surface area contributed by atoms with Crippen LogP contribution in [0.2, 0.25) is 0 Å². The Kier molecular flexibility index (Phi) is 11.1. The summed E-state index contributed by atoms with van der Waals surface area (Å²) < 4.78 is 40.8. The summed E-state index contributed by atoms with van der Waals surface area (Å²) in [5, 5.41) is 4.07. The van der Waals surface area contributed by atoms with Gasteiger partial charge in [-0.15, -0.1) is 0 Å². The van der Waals surface area contributed by atoms with Gasteiger partial charge in [0, 0.05) is 0 Å². The lowest BCUT2D eigenvalue weighted by Crippen LogP contribution is -2.46. The molecule has 3 rings (SSSR count). The predicted octanol–water partition coefficient (Wildman–Crippen LogP) is 5.58. The molecule has 1 atom stereocenters. The topological polar surface area (TPSA) is 106 Å². The molecule has 2 N–H and O–H groups in total. The maximum atomic E-state index is 12.9. The molecule has 0 unspecified atom stereocenters. The van der Waals surface area contributed by atoms with Gasteiger partial charge in [-0.25, -0.2) is 13.8 Å². The number of carbonyl (C=O) groups is 1. The van der Waals surface area contributed by atoms with Crippen molar-refractivity contribution in [1.82, 2.24) is 10.1 Å². The lowest BCUT2D eigenvalue weighted by Gasteiger charge is -2.19. The van der Waals surface area contributed by atoms with Gasteiger partial charge in [-0.1, -0.05) is 61.9 Å². The number of carbonyl (C=O) groups excluding carboxylic acids is 1. The Hall–Kier alpha value is -3.21. The number of amides is 1. The molecule has 3 aromatic rings. The summed E-state index contributed by atoms with van der Waals surface area (Å²) in [6.07, 6.45) is 1.77. The second-order valence-corrected chi connectivity index (χ2v) is 12.0. The fourth-order valence-electron chi connectivity index (χ4n) is 3.70. The van der Waals surface area contributed by atoms with E-state index in [1.807, 2.05) is 58.0 Å². The number of sulfonamides is 1. The van der Waals surface area contributed by atoms with Gasteiger partial charge in [0.15, 0.2) is 11.5 Å². The zero-order chi connectivity index (χ0) is 28.4. The Balaban J connectivity index is 1.72. The molecule has 0 saturated heterocycles. The molecular weight excluding hydrogens is 582 g/mol. The summed E-state index contributed by atoms with van der Waals surface area (Å²) in [5.41, 5.74) is 5.08. The van der Waals surface area contributed by atoms with Gasteiger partial charge in [0.25, 0.3) is 5.91 Å². The van der Waals surface area contributed by atoms with Crippen molar-refractivity contribution in [2.24, 2.45) is 11.0 Å². The molecule has 0 heterocycles. The van der Waals surface area contributed by atoms with E-state index in [9.17, 15) is 13.2 Å². The van der Waals surface area contributed by atoms with E-state index in [1.54, 1.807) is 24.3 Å². The van der Waals surface area contributed by atoms with Crippen LogP contribution in [-0.4, -0.2) is 33.2 Å². The molecule has 208 valence electrons. The monoisotopic (exact) mass is 615 g/mol. The summed E-state index contributed by atoms with van der Waals surface area (Å²) in [4.78, 5) is 13.0. The molecule has 0 bridgehead atoms. The van der Waals surface area contributed by atoms with Gasteiger partial charge in [0.05, 0.1) is 22.2 Å². The number of rotatable bonds is 13. The van der Waals surface area contributed by atoms with E-state index in [0.29, 0.717) is 41.2 Å². The zero-order valence-electron chi connectivity index (χ0n) is 22.5. The number of hydrazone groups is 1. The number of nitrogens with one attached hydrogen (secondary N) is 2. The number of nitrogens with zero attached hydrogens (tertiary/aromatic N) is 1. The van der Waals surface area contributed by atoms with Crippen molar-refractivity contribution >= 4 is 38.1 Å². The molecule has 0 aliphatic heterocycles. The fourth-order valence-corrected chi connectivity index (χ4v) is 5.48. The molecule has 0 aliphatic rings. The van der Waals surface area contributed by atoms with E-state index < -0.39 is 22.0 Å². The van der Waals surface area contributed by atoms with Gasteiger partial charge in [-0.05, 0) is 77.5 Å². The minimum absolute atomic E-state index is 0.0681. The zero-order valence-corrected chi connectivity index (χ0v) is 24.9. The number of hydrogen-bond donors (Lipinski definition) is 2. The van der Waals surface area contributed by atoms with Gasteiger partial charge in [-0.2, -0.15) is 9.82 Å². The number of ether oxygens (including phenoxy) is 2. The van der Waals surface area contributed by atoms with Crippen molar-refractivity contribution < 1.29 is 22.7 Å². The third kappa shape index (κ3) is 9.19. The van der Waals surface area contributed by atoms with E-state index in [1.165, 1.54) is 18.3 Å².